The molecule has 50 heavy (non-hydrogen) atoms. The molecule has 0 aliphatic rings. The van der Waals surface area contributed by atoms with Crippen molar-refractivity contribution in [3.63, 3.8) is 0 Å². The van der Waals surface area contributed by atoms with Gasteiger partial charge in [0.05, 0.1) is 45.5 Å². The van der Waals surface area contributed by atoms with E-state index in [1.54, 1.807) is 36.4 Å². The van der Waals surface area contributed by atoms with E-state index < -0.39 is 17.9 Å². The third kappa shape index (κ3) is 14.8. The Morgan fingerprint density at radius 1 is 0.600 bits per heavy atom. The highest BCUT2D eigenvalue weighted by Crippen LogP contribution is 2.24. The second-order valence-corrected chi connectivity index (χ2v) is 11.4. The zero-order valence-electron chi connectivity index (χ0n) is 28.7. The molecular weight excluding hydrogens is 640 g/mol. The van der Waals surface area contributed by atoms with E-state index in [2.05, 4.69) is 17.9 Å². The molecule has 10 nitrogen and oxygen atoms in total. The molecule has 0 fully saturated rings. The van der Waals surface area contributed by atoms with Gasteiger partial charge in [0.1, 0.15) is 17.2 Å². The van der Waals surface area contributed by atoms with Gasteiger partial charge in [-0.25, -0.2) is 14.4 Å². The third-order valence-corrected chi connectivity index (χ3v) is 7.48. The third-order valence-electron chi connectivity index (χ3n) is 7.48. The molecule has 0 saturated heterocycles. The smallest absolute Gasteiger partial charge is 0.343 e. The summed E-state index contributed by atoms with van der Waals surface area (Å²) in [5, 5.41) is 0. The molecule has 3 rings (SSSR count). The van der Waals surface area contributed by atoms with E-state index in [4.69, 9.17) is 23.7 Å². The van der Waals surface area contributed by atoms with Gasteiger partial charge in [0.2, 0.25) is 0 Å². The molecule has 0 aromatic heterocycles. The van der Waals surface area contributed by atoms with E-state index in [0.29, 0.717) is 43.3 Å². The van der Waals surface area contributed by atoms with Crippen LogP contribution in [0, 0.1) is 0 Å². The molecule has 0 bridgehead atoms. The fourth-order valence-electron chi connectivity index (χ4n) is 4.62. The van der Waals surface area contributed by atoms with Gasteiger partial charge in [-0.05, 0) is 111 Å². The highest BCUT2D eigenvalue weighted by molar-refractivity contribution is 5.93. The van der Waals surface area contributed by atoms with Crippen LogP contribution < -0.4 is 14.2 Å². The standard InChI is InChI=1S/C40H46O10/c1-4-37(41)48-27-11-7-5-9-25-46-34-19-17-32(18-20-34)31-13-15-33(16-14-31)40(44)50-36-23-21-35(22-24-36)47-26-10-6-8-12-28-49-39(43)30(2)29-38(42)45-3/h4,13-24H,1-2,5-12,25-29H2,3H3. The van der Waals surface area contributed by atoms with Crippen LogP contribution in [0.4, 0.5) is 0 Å². The predicted octanol–water partition coefficient (Wildman–Crippen LogP) is 7.84. The highest BCUT2D eigenvalue weighted by atomic mass is 16.5. The Balaban J connectivity index is 1.29. The zero-order valence-corrected chi connectivity index (χ0v) is 28.7. The van der Waals surface area contributed by atoms with E-state index in [0.717, 1.165) is 61.8 Å². The molecule has 10 heteroatoms. The van der Waals surface area contributed by atoms with Crippen molar-refractivity contribution in [3.05, 3.63) is 103 Å². The van der Waals surface area contributed by atoms with E-state index in [1.807, 2.05) is 36.4 Å². The van der Waals surface area contributed by atoms with Crippen LogP contribution in [-0.2, 0) is 28.6 Å². The maximum Gasteiger partial charge on any atom is 0.343 e. The quantitative estimate of drug-likeness (QED) is 0.0320. The fourth-order valence-corrected chi connectivity index (χ4v) is 4.62. The minimum atomic E-state index is -0.585. The summed E-state index contributed by atoms with van der Waals surface area (Å²) >= 11 is 0. The molecule has 0 aliphatic carbocycles. The maximum atomic E-state index is 12.7. The summed E-state index contributed by atoms with van der Waals surface area (Å²) in [5.41, 5.74) is 2.49. The Labute approximate surface area is 294 Å². The molecule has 0 N–H and O–H groups in total. The zero-order chi connectivity index (χ0) is 36.0. The minimum absolute atomic E-state index is 0.0777. The molecule has 266 valence electrons. The van der Waals surface area contributed by atoms with Crippen LogP contribution in [0.25, 0.3) is 11.1 Å². The van der Waals surface area contributed by atoms with Crippen LogP contribution in [0.3, 0.4) is 0 Å². The van der Waals surface area contributed by atoms with Crippen molar-refractivity contribution < 1.29 is 47.6 Å². The van der Waals surface area contributed by atoms with Crippen LogP contribution in [0.2, 0.25) is 0 Å². The van der Waals surface area contributed by atoms with Gasteiger partial charge in [-0.1, -0.05) is 37.4 Å². The summed E-state index contributed by atoms with van der Waals surface area (Å²) in [6, 6.07) is 22.0. The fraction of sp³-hybridized carbons (Fsp3) is 0.350. The molecule has 0 unspecified atom stereocenters. The lowest BCUT2D eigenvalue weighted by Gasteiger charge is -2.09. The number of carbonyl (C=O) groups excluding carboxylic acids is 4. The first kappa shape index (κ1) is 39.1. The van der Waals surface area contributed by atoms with Crippen LogP contribution in [0.5, 0.6) is 17.2 Å². The number of carbonyl (C=O) groups is 4. The monoisotopic (exact) mass is 686 g/mol. The van der Waals surface area contributed by atoms with Gasteiger partial charge < -0.3 is 28.4 Å². The Bertz CT molecular complexity index is 1530. The first-order chi connectivity index (χ1) is 24.3. The van der Waals surface area contributed by atoms with Gasteiger partial charge in [0, 0.05) is 11.6 Å². The van der Waals surface area contributed by atoms with Crippen molar-refractivity contribution in [1.82, 2.24) is 0 Å². The highest BCUT2D eigenvalue weighted by Gasteiger charge is 2.13. The van der Waals surface area contributed by atoms with Crippen molar-refractivity contribution in [3.8, 4) is 28.4 Å². The number of esters is 4. The molecule has 0 spiro atoms. The van der Waals surface area contributed by atoms with Crippen molar-refractivity contribution >= 4 is 23.9 Å². The van der Waals surface area contributed by atoms with E-state index in [-0.39, 0.29) is 24.6 Å². The number of rotatable bonds is 23. The summed E-state index contributed by atoms with van der Waals surface area (Å²) in [6.45, 7) is 8.73. The van der Waals surface area contributed by atoms with Gasteiger partial charge in [-0.2, -0.15) is 0 Å². The summed E-state index contributed by atoms with van der Waals surface area (Å²) in [6.07, 6.45) is 7.97. The number of ether oxygens (including phenoxy) is 6. The van der Waals surface area contributed by atoms with Crippen molar-refractivity contribution in [2.75, 3.05) is 33.5 Å². The number of hydrogen-bond acceptors (Lipinski definition) is 10. The molecule has 3 aromatic carbocycles. The number of benzene rings is 3. The van der Waals surface area contributed by atoms with Crippen LogP contribution in [0.1, 0.15) is 68.1 Å². The van der Waals surface area contributed by atoms with Gasteiger partial charge in [-0.15, -0.1) is 0 Å². The summed E-state index contributed by atoms with van der Waals surface area (Å²) in [5.74, 6) is -0.0739. The largest absolute Gasteiger partial charge is 0.494 e. The predicted molar refractivity (Wildman–Crippen MR) is 189 cm³/mol. The van der Waals surface area contributed by atoms with Crippen molar-refractivity contribution in [2.45, 2.75) is 57.8 Å². The van der Waals surface area contributed by atoms with Gasteiger partial charge in [-0.3, -0.25) is 4.79 Å². The molecule has 0 aliphatic heterocycles. The molecule has 0 saturated carbocycles. The lowest BCUT2D eigenvalue weighted by molar-refractivity contribution is -0.144. The topological polar surface area (TPSA) is 124 Å². The Hall–Kier alpha value is -5.38. The first-order valence-corrected chi connectivity index (χ1v) is 16.8. The summed E-state index contributed by atoms with van der Waals surface area (Å²) in [7, 11) is 1.25. The molecule has 0 radical (unpaired) electrons. The first-order valence-electron chi connectivity index (χ1n) is 16.8. The summed E-state index contributed by atoms with van der Waals surface area (Å²) < 4.78 is 31.8. The van der Waals surface area contributed by atoms with Crippen LogP contribution in [0.15, 0.2) is 97.6 Å². The average Bonchev–Trinajstić information content (AvgIpc) is 3.14. The van der Waals surface area contributed by atoms with Crippen LogP contribution in [-0.4, -0.2) is 57.4 Å². The van der Waals surface area contributed by atoms with Crippen LogP contribution >= 0.6 is 0 Å². The SMILES string of the molecule is C=CC(=O)OCCCCCCOc1ccc(-c2ccc(C(=O)Oc3ccc(OCCCCCCOC(=O)C(=C)CC(=O)OC)cc3)cc2)cc1. The lowest BCUT2D eigenvalue weighted by atomic mass is 10.0. The maximum absolute atomic E-state index is 12.7. The Morgan fingerprint density at radius 2 is 1.06 bits per heavy atom. The van der Waals surface area contributed by atoms with E-state index >= 15 is 0 Å². The normalized spacial score (nSPS) is 10.4. The number of unbranched alkanes of at least 4 members (excludes halogenated alkanes) is 6. The molecule has 0 amide bonds. The summed E-state index contributed by atoms with van der Waals surface area (Å²) in [4.78, 5) is 46.7. The number of hydrogen-bond donors (Lipinski definition) is 0. The second-order valence-electron chi connectivity index (χ2n) is 11.4. The minimum Gasteiger partial charge on any atom is -0.494 e. The van der Waals surface area contributed by atoms with Gasteiger partial charge in [0.15, 0.2) is 0 Å². The lowest BCUT2D eigenvalue weighted by Crippen LogP contribution is -2.12. The van der Waals surface area contributed by atoms with E-state index in [1.165, 1.54) is 13.2 Å². The Kier molecular flexibility index (Phi) is 17.4. The number of methoxy groups -OCH3 is 1. The van der Waals surface area contributed by atoms with Gasteiger partial charge >= 0.3 is 23.9 Å². The van der Waals surface area contributed by atoms with Crippen molar-refractivity contribution in [1.29, 1.82) is 0 Å². The second kappa shape index (κ2) is 22.3. The molecule has 0 heterocycles. The molecule has 3 aromatic rings. The molecular formula is C40H46O10. The van der Waals surface area contributed by atoms with E-state index in [9.17, 15) is 19.2 Å². The average molecular weight is 687 g/mol. The van der Waals surface area contributed by atoms with Gasteiger partial charge in [0.25, 0.3) is 0 Å². The molecule has 0 atom stereocenters. The Morgan fingerprint density at radius 3 is 1.58 bits per heavy atom. The van der Waals surface area contributed by atoms with Crippen molar-refractivity contribution in [2.24, 2.45) is 0 Å².